The quantitative estimate of drug-likeness (QED) is 0.746. The second kappa shape index (κ2) is 6.67. The van der Waals surface area contributed by atoms with Crippen LogP contribution in [0, 0.1) is 11.8 Å². The monoisotopic (exact) mass is 296 g/mol. The van der Waals surface area contributed by atoms with Crippen LogP contribution in [-0.2, 0) is 4.79 Å². The lowest BCUT2D eigenvalue weighted by Gasteiger charge is -2.37. The lowest BCUT2D eigenvalue weighted by Crippen LogP contribution is -2.59. The Balaban J connectivity index is 1.93. The van der Waals surface area contributed by atoms with Crippen molar-refractivity contribution in [2.75, 3.05) is 0 Å². The van der Waals surface area contributed by atoms with Crippen LogP contribution < -0.4 is 10.6 Å². The fraction of sp³-hybridized carbons (Fsp3) is 0.875. The first-order chi connectivity index (χ1) is 9.97. The van der Waals surface area contributed by atoms with Gasteiger partial charge in [0.2, 0.25) is 0 Å². The van der Waals surface area contributed by atoms with Gasteiger partial charge in [-0.1, -0.05) is 26.7 Å². The first kappa shape index (κ1) is 16.1. The molecule has 3 N–H and O–H groups in total. The molecule has 0 aliphatic heterocycles. The van der Waals surface area contributed by atoms with Crippen LogP contribution in [-0.4, -0.2) is 28.7 Å². The molecule has 2 atom stereocenters. The fourth-order valence-corrected chi connectivity index (χ4v) is 3.75. The minimum absolute atomic E-state index is 0.183. The van der Waals surface area contributed by atoms with E-state index in [1.165, 1.54) is 0 Å². The first-order valence-electron chi connectivity index (χ1n) is 8.29. The van der Waals surface area contributed by atoms with Gasteiger partial charge in [-0.25, -0.2) is 9.59 Å². The maximum Gasteiger partial charge on any atom is 0.329 e. The van der Waals surface area contributed by atoms with Gasteiger partial charge < -0.3 is 15.7 Å². The summed E-state index contributed by atoms with van der Waals surface area (Å²) in [5.74, 6) is 0.177. The largest absolute Gasteiger partial charge is 0.480 e. The standard InChI is InChI=1S/C16H28N2O3/c1-3-12-7-9-16(10-8-12,14(19)20)18-15(21)17-13-6-4-5-11(13)2/h11-13H,3-10H2,1-2H3,(H,19,20)(H2,17,18,21). The van der Waals surface area contributed by atoms with Crippen molar-refractivity contribution >= 4 is 12.0 Å². The topological polar surface area (TPSA) is 78.4 Å². The number of carboxylic acid groups (broad SMARTS) is 1. The zero-order valence-electron chi connectivity index (χ0n) is 13.2. The average molecular weight is 296 g/mol. The molecule has 2 amide bonds. The van der Waals surface area contributed by atoms with Crippen LogP contribution in [0.5, 0.6) is 0 Å². The van der Waals surface area contributed by atoms with Crippen molar-refractivity contribution in [3.8, 4) is 0 Å². The number of hydrogen-bond donors (Lipinski definition) is 3. The number of aliphatic carboxylic acids is 1. The van der Waals surface area contributed by atoms with Gasteiger partial charge in [0, 0.05) is 6.04 Å². The molecule has 2 aliphatic rings. The van der Waals surface area contributed by atoms with Crippen molar-refractivity contribution in [3.63, 3.8) is 0 Å². The summed E-state index contributed by atoms with van der Waals surface area (Å²) in [5, 5.41) is 15.3. The Morgan fingerprint density at radius 2 is 1.86 bits per heavy atom. The number of carbonyl (C=O) groups is 2. The third-order valence-electron chi connectivity index (χ3n) is 5.48. The molecule has 120 valence electrons. The average Bonchev–Trinajstić information content (AvgIpc) is 2.84. The number of urea groups is 1. The summed E-state index contributed by atoms with van der Waals surface area (Å²) in [5.41, 5.74) is -1.07. The van der Waals surface area contributed by atoms with Crippen LogP contribution in [0.1, 0.15) is 65.2 Å². The molecule has 21 heavy (non-hydrogen) atoms. The molecule has 0 saturated heterocycles. The van der Waals surface area contributed by atoms with Gasteiger partial charge in [0.1, 0.15) is 5.54 Å². The van der Waals surface area contributed by atoms with E-state index in [2.05, 4.69) is 24.5 Å². The molecule has 0 heterocycles. The zero-order chi connectivity index (χ0) is 15.5. The van der Waals surface area contributed by atoms with E-state index < -0.39 is 11.5 Å². The summed E-state index contributed by atoms with van der Waals surface area (Å²) in [7, 11) is 0. The van der Waals surface area contributed by atoms with Gasteiger partial charge in [0.15, 0.2) is 0 Å². The molecule has 2 fully saturated rings. The fourth-order valence-electron chi connectivity index (χ4n) is 3.75. The van der Waals surface area contributed by atoms with E-state index in [1.807, 2.05) is 0 Å². The number of hydrogen-bond acceptors (Lipinski definition) is 2. The van der Waals surface area contributed by atoms with Crippen molar-refractivity contribution in [1.29, 1.82) is 0 Å². The Labute approximate surface area is 126 Å². The Morgan fingerprint density at radius 1 is 1.19 bits per heavy atom. The molecular weight excluding hydrogens is 268 g/mol. The molecule has 0 spiro atoms. The Hall–Kier alpha value is -1.26. The minimum atomic E-state index is -1.07. The number of nitrogens with one attached hydrogen (secondary N) is 2. The summed E-state index contributed by atoms with van der Waals surface area (Å²) in [6, 6.07) is -0.131. The highest BCUT2D eigenvalue weighted by molar-refractivity contribution is 5.86. The summed E-state index contributed by atoms with van der Waals surface area (Å²) in [6.45, 7) is 4.28. The third-order valence-corrected chi connectivity index (χ3v) is 5.48. The van der Waals surface area contributed by atoms with Crippen LogP contribution >= 0.6 is 0 Å². The molecular formula is C16H28N2O3. The van der Waals surface area contributed by atoms with E-state index in [4.69, 9.17) is 0 Å². The van der Waals surface area contributed by atoms with E-state index >= 15 is 0 Å². The predicted octanol–water partition coefficient (Wildman–Crippen LogP) is 2.90. The normalized spacial score (nSPS) is 36.2. The first-order valence-corrected chi connectivity index (χ1v) is 8.29. The molecule has 2 saturated carbocycles. The van der Waals surface area contributed by atoms with E-state index in [0.717, 1.165) is 38.5 Å². The minimum Gasteiger partial charge on any atom is -0.480 e. The van der Waals surface area contributed by atoms with Crippen LogP contribution in [0.25, 0.3) is 0 Å². The van der Waals surface area contributed by atoms with Crippen LogP contribution in [0.15, 0.2) is 0 Å². The predicted molar refractivity (Wildman–Crippen MR) is 81.1 cm³/mol. The molecule has 5 nitrogen and oxygen atoms in total. The number of amides is 2. The highest BCUT2D eigenvalue weighted by Crippen LogP contribution is 2.34. The second-order valence-electron chi connectivity index (χ2n) is 6.85. The van der Waals surface area contributed by atoms with Gasteiger partial charge in [-0.3, -0.25) is 0 Å². The summed E-state index contributed by atoms with van der Waals surface area (Å²) < 4.78 is 0. The molecule has 0 radical (unpaired) electrons. The molecule has 0 aromatic heterocycles. The van der Waals surface area contributed by atoms with Crippen molar-refractivity contribution < 1.29 is 14.7 Å². The highest BCUT2D eigenvalue weighted by atomic mass is 16.4. The highest BCUT2D eigenvalue weighted by Gasteiger charge is 2.43. The zero-order valence-corrected chi connectivity index (χ0v) is 13.2. The lowest BCUT2D eigenvalue weighted by molar-refractivity contribution is -0.146. The van der Waals surface area contributed by atoms with Crippen molar-refractivity contribution in [3.05, 3.63) is 0 Å². The maximum atomic E-state index is 12.2. The molecule has 5 heteroatoms. The maximum absolute atomic E-state index is 12.2. The summed E-state index contributed by atoms with van der Waals surface area (Å²) >= 11 is 0. The third kappa shape index (κ3) is 3.69. The van der Waals surface area contributed by atoms with E-state index in [-0.39, 0.29) is 12.1 Å². The summed E-state index contributed by atoms with van der Waals surface area (Å²) in [4.78, 5) is 23.9. The Morgan fingerprint density at radius 3 is 2.33 bits per heavy atom. The van der Waals surface area contributed by atoms with Crippen molar-refractivity contribution in [1.82, 2.24) is 10.6 Å². The van der Waals surface area contributed by atoms with Gasteiger partial charge in [0.25, 0.3) is 0 Å². The molecule has 0 aromatic rings. The van der Waals surface area contributed by atoms with E-state index in [9.17, 15) is 14.7 Å². The van der Waals surface area contributed by atoms with Crippen LogP contribution in [0.4, 0.5) is 4.79 Å². The van der Waals surface area contributed by atoms with E-state index in [0.29, 0.717) is 24.7 Å². The van der Waals surface area contributed by atoms with Gasteiger partial charge in [0.05, 0.1) is 0 Å². The van der Waals surface area contributed by atoms with Crippen molar-refractivity contribution in [2.45, 2.75) is 76.8 Å². The molecule has 2 unspecified atom stereocenters. The van der Waals surface area contributed by atoms with Gasteiger partial charge in [-0.2, -0.15) is 0 Å². The molecule has 0 bridgehead atoms. The number of rotatable bonds is 4. The van der Waals surface area contributed by atoms with Crippen molar-refractivity contribution in [2.24, 2.45) is 11.8 Å². The Kier molecular flexibility index (Phi) is 5.12. The lowest BCUT2D eigenvalue weighted by atomic mass is 9.75. The SMILES string of the molecule is CCC1CCC(NC(=O)NC2CCCC2C)(C(=O)O)CC1. The van der Waals surface area contributed by atoms with E-state index in [1.54, 1.807) is 0 Å². The van der Waals surface area contributed by atoms with Crippen LogP contribution in [0.2, 0.25) is 0 Å². The second-order valence-corrected chi connectivity index (χ2v) is 6.85. The molecule has 2 rings (SSSR count). The van der Waals surface area contributed by atoms with Gasteiger partial charge in [-0.15, -0.1) is 0 Å². The van der Waals surface area contributed by atoms with Crippen LogP contribution in [0.3, 0.4) is 0 Å². The smallest absolute Gasteiger partial charge is 0.329 e. The number of carboxylic acids is 1. The van der Waals surface area contributed by atoms with Gasteiger partial charge in [-0.05, 0) is 50.4 Å². The molecule has 0 aromatic carbocycles. The van der Waals surface area contributed by atoms with Gasteiger partial charge >= 0.3 is 12.0 Å². The number of carbonyl (C=O) groups excluding carboxylic acids is 1. The Bertz CT molecular complexity index is 389. The molecule has 2 aliphatic carbocycles. The summed E-state index contributed by atoms with van der Waals surface area (Å²) in [6.07, 6.45) is 7.17.